The van der Waals surface area contributed by atoms with Crippen LogP contribution in [0.1, 0.15) is 37.2 Å². The van der Waals surface area contributed by atoms with Crippen LogP contribution in [0.25, 0.3) is 0 Å². The van der Waals surface area contributed by atoms with Gasteiger partial charge in [0, 0.05) is 12.0 Å². The number of hydrogen-bond acceptors (Lipinski definition) is 4. The molecule has 2 unspecified atom stereocenters. The molecule has 0 amide bonds. The van der Waals surface area contributed by atoms with Crippen LogP contribution in [0.3, 0.4) is 0 Å². The first-order chi connectivity index (χ1) is 8.80. The van der Waals surface area contributed by atoms with Gasteiger partial charge in [-0.15, -0.1) is 0 Å². The highest BCUT2D eigenvalue weighted by atomic mass is 16.5. The predicted octanol–water partition coefficient (Wildman–Crippen LogP) is 2.19. The Morgan fingerprint density at radius 3 is 2.50 bits per heavy atom. The van der Waals surface area contributed by atoms with Crippen molar-refractivity contribution in [2.45, 2.75) is 37.6 Å². The van der Waals surface area contributed by atoms with Crippen molar-refractivity contribution in [3.63, 3.8) is 0 Å². The van der Waals surface area contributed by atoms with Gasteiger partial charge in [0.1, 0.15) is 0 Å². The molecule has 2 atom stereocenters. The Labute approximate surface area is 108 Å². The lowest BCUT2D eigenvalue weighted by Crippen LogP contribution is -2.41. The number of methoxy groups -OCH3 is 2. The Morgan fingerprint density at radius 1 is 1.11 bits per heavy atom. The number of nitrogens with one attached hydrogen (secondary N) is 1. The number of ether oxygens (including phenoxy) is 2. The van der Waals surface area contributed by atoms with Crippen LogP contribution in [0.5, 0.6) is 11.5 Å². The molecule has 0 heterocycles. The average Bonchev–Trinajstić information content (AvgIpc) is 2.46. The standard InChI is InChI=1S/C14H22N2O2/c1-17-13-8-7-10(9-14(13)18-2)11-5-3-4-6-12(11)16-15/h7-9,11-12,16H,3-6,15H2,1-2H3. The highest BCUT2D eigenvalue weighted by Gasteiger charge is 2.26. The molecule has 1 saturated carbocycles. The topological polar surface area (TPSA) is 56.5 Å². The third-order valence-corrected chi connectivity index (χ3v) is 3.82. The summed E-state index contributed by atoms with van der Waals surface area (Å²) in [5.41, 5.74) is 4.22. The van der Waals surface area contributed by atoms with Gasteiger partial charge in [-0.05, 0) is 30.5 Å². The normalized spacial score (nSPS) is 23.7. The third-order valence-electron chi connectivity index (χ3n) is 3.82. The molecule has 1 aliphatic rings. The summed E-state index contributed by atoms with van der Waals surface area (Å²) in [5, 5.41) is 0. The molecule has 1 aliphatic carbocycles. The molecule has 0 saturated heterocycles. The smallest absolute Gasteiger partial charge is 0.160 e. The summed E-state index contributed by atoms with van der Waals surface area (Å²) in [4.78, 5) is 0. The van der Waals surface area contributed by atoms with E-state index in [0.29, 0.717) is 12.0 Å². The van der Waals surface area contributed by atoms with Gasteiger partial charge in [-0.1, -0.05) is 18.9 Å². The van der Waals surface area contributed by atoms with Crippen molar-refractivity contribution in [1.82, 2.24) is 5.43 Å². The SMILES string of the molecule is COc1ccc(C2CCCCC2NN)cc1OC. The molecule has 0 aliphatic heterocycles. The van der Waals surface area contributed by atoms with Crippen LogP contribution in [0.15, 0.2) is 18.2 Å². The lowest BCUT2D eigenvalue weighted by molar-refractivity contribution is 0.327. The Bertz CT molecular complexity index is 395. The van der Waals surface area contributed by atoms with E-state index in [4.69, 9.17) is 15.3 Å². The van der Waals surface area contributed by atoms with E-state index in [2.05, 4.69) is 17.6 Å². The summed E-state index contributed by atoms with van der Waals surface area (Å²) in [5.74, 6) is 7.67. The molecule has 18 heavy (non-hydrogen) atoms. The molecule has 0 aromatic heterocycles. The van der Waals surface area contributed by atoms with Crippen LogP contribution >= 0.6 is 0 Å². The zero-order valence-electron chi connectivity index (χ0n) is 11.1. The maximum absolute atomic E-state index is 5.65. The van der Waals surface area contributed by atoms with Gasteiger partial charge in [-0.2, -0.15) is 0 Å². The van der Waals surface area contributed by atoms with E-state index in [1.807, 2.05) is 6.07 Å². The van der Waals surface area contributed by atoms with E-state index in [0.717, 1.165) is 17.9 Å². The first-order valence-electron chi connectivity index (χ1n) is 6.48. The Kier molecular flexibility index (Phi) is 4.44. The van der Waals surface area contributed by atoms with E-state index < -0.39 is 0 Å². The van der Waals surface area contributed by atoms with E-state index >= 15 is 0 Å². The van der Waals surface area contributed by atoms with Crippen molar-refractivity contribution in [2.24, 2.45) is 5.84 Å². The van der Waals surface area contributed by atoms with Crippen LogP contribution < -0.4 is 20.7 Å². The average molecular weight is 250 g/mol. The molecule has 0 spiro atoms. The second-order valence-electron chi connectivity index (χ2n) is 4.78. The summed E-state index contributed by atoms with van der Waals surface area (Å²) in [6, 6.07) is 6.51. The summed E-state index contributed by atoms with van der Waals surface area (Å²) in [7, 11) is 3.32. The third kappa shape index (κ3) is 2.60. The minimum absolute atomic E-state index is 0.358. The minimum Gasteiger partial charge on any atom is -0.493 e. The number of hydrazine groups is 1. The maximum atomic E-state index is 5.65. The molecule has 0 radical (unpaired) electrons. The van der Waals surface area contributed by atoms with Gasteiger partial charge in [-0.25, -0.2) is 0 Å². The molecule has 3 N–H and O–H groups in total. The van der Waals surface area contributed by atoms with E-state index in [9.17, 15) is 0 Å². The van der Waals surface area contributed by atoms with Crippen LogP contribution in [-0.2, 0) is 0 Å². The molecule has 4 heteroatoms. The molecule has 2 rings (SSSR count). The summed E-state index contributed by atoms with van der Waals surface area (Å²) in [6.45, 7) is 0. The van der Waals surface area contributed by atoms with Crippen molar-refractivity contribution in [3.8, 4) is 11.5 Å². The van der Waals surface area contributed by atoms with Gasteiger partial charge in [0.2, 0.25) is 0 Å². The molecule has 0 bridgehead atoms. The number of benzene rings is 1. The quantitative estimate of drug-likeness (QED) is 0.635. The molecule has 1 aromatic rings. The van der Waals surface area contributed by atoms with Crippen molar-refractivity contribution >= 4 is 0 Å². The largest absolute Gasteiger partial charge is 0.493 e. The van der Waals surface area contributed by atoms with Gasteiger partial charge in [0.25, 0.3) is 0 Å². The monoisotopic (exact) mass is 250 g/mol. The fourth-order valence-corrected chi connectivity index (χ4v) is 2.81. The van der Waals surface area contributed by atoms with Gasteiger partial charge >= 0.3 is 0 Å². The van der Waals surface area contributed by atoms with Crippen molar-refractivity contribution < 1.29 is 9.47 Å². The molecule has 4 nitrogen and oxygen atoms in total. The Balaban J connectivity index is 2.26. The van der Waals surface area contributed by atoms with Crippen molar-refractivity contribution in [1.29, 1.82) is 0 Å². The lowest BCUT2D eigenvalue weighted by Gasteiger charge is -2.31. The minimum atomic E-state index is 0.358. The van der Waals surface area contributed by atoms with Gasteiger partial charge in [0.05, 0.1) is 14.2 Å². The van der Waals surface area contributed by atoms with E-state index in [1.54, 1.807) is 14.2 Å². The van der Waals surface area contributed by atoms with Gasteiger partial charge < -0.3 is 9.47 Å². The number of rotatable bonds is 4. The summed E-state index contributed by atoms with van der Waals surface area (Å²) in [6.07, 6.45) is 4.82. The predicted molar refractivity (Wildman–Crippen MR) is 71.9 cm³/mol. The molecule has 100 valence electrons. The van der Waals surface area contributed by atoms with Crippen LogP contribution in [-0.4, -0.2) is 20.3 Å². The Morgan fingerprint density at radius 2 is 1.83 bits per heavy atom. The van der Waals surface area contributed by atoms with Gasteiger partial charge in [-0.3, -0.25) is 11.3 Å². The molecule has 1 fully saturated rings. The van der Waals surface area contributed by atoms with E-state index in [1.165, 1.54) is 24.8 Å². The fraction of sp³-hybridized carbons (Fsp3) is 0.571. The highest BCUT2D eigenvalue weighted by molar-refractivity contribution is 5.44. The fourth-order valence-electron chi connectivity index (χ4n) is 2.81. The summed E-state index contributed by atoms with van der Waals surface area (Å²) >= 11 is 0. The second kappa shape index (κ2) is 6.07. The first-order valence-corrected chi connectivity index (χ1v) is 6.48. The zero-order chi connectivity index (χ0) is 13.0. The molecule has 1 aromatic carbocycles. The van der Waals surface area contributed by atoms with Gasteiger partial charge in [0.15, 0.2) is 11.5 Å². The van der Waals surface area contributed by atoms with Crippen LogP contribution in [0.4, 0.5) is 0 Å². The molecular formula is C14H22N2O2. The van der Waals surface area contributed by atoms with Crippen LogP contribution in [0, 0.1) is 0 Å². The molecular weight excluding hydrogens is 228 g/mol. The second-order valence-corrected chi connectivity index (χ2v) is 4.78. The van der Waals surface area contributed by atoms with Crippen molar-refractivity contribution in [3.05, 3.63) is 23.8 Å². The van der Waals surface area contributed by atoms with E-state index in [-0.39, 0.29) is 0 Å². The highest BCUT2D eigenvalue weighted by Crippen LogP contribution is 2.37. The zero-order valence-corrected chi connectivity index (χ0v) is 11.1. The Hall–Kier alpha value is -1.26. The number of hydrogen-bond donors (Lipinski definition) is 2. The summed E-state index contributed by atoms with van der Waals surface area (Å²) < 4.78 is 10.6. The van der Waals surface area contributed by atoms with Crippen molar-refractivity contribution in [2.75, 3.05) is 14.2 Å². The van der Waals surface area contributed by atoms with Crippen LogP contribution in [0.2, 0.25) is 0 Å². The number of nitrogens with two attached hydrogens (primary N) is 1. The lowest BCUT2D eigenvalue weighted by atomic mass is 9.80. The first kappa shape index (κ1) is 13.2. The maximum Gasteiger partial charge on any atom is 0.160 e.